The summed E-state index contributed by atoms with van der Waals surface area (Å²) in [5.74, 6) is 1.44. The molecule has 0 aromatic carbocycles. The van der Waals surface area contributed by atoms with Crippen LogP contribution in [-0.2, 0) is 14.3 Å². The van der Waals surface area contributed by atoms with Crippen LogP contribution in [0.4, 0.5) is 0 Å². The summed E-state index contributed by atoms with van der Waals surface area (Å²) in [6.07, 6.45) is 31.4. The van der Waals surface area contributed by atoms with E-state index in [1.807, 2.05) is 13.8 Å². The summed E-state index contributed by atoms with van der Waals surface area (Å²) in [4.78, 5) is 21.2. The number of methoxy groups -OCH3 is 1. The smallest absolute Gasteiger partial charge is 0.133 e. The summed E-state index contributed by atoms with van der Waals surface area (Å²) in [5, 5.41) is 0. The molecule has 1 aliphatic carbocycles. The maximum absolute atomic E-state index is 10.6. The van der Waals surface area contributed by atoms with Crippen molar-refractivity contribution in [1.82, 2.24) is 0 Å². The van der Waals surface area contributed by atoms with Crippen LogP contribution in [0.5, 0.6) is 0 Å². The van der Waals surface area contributed by atoms with Gasteiger partial charge in [-0.05, 0) is 95.1 Å². The van der Waals surface area contributed by atoms with Gasteiger partial charge in [0.25, 0.3) is 0 Å². The first kappa shape index (κ1) is 51.8. The average molecular weight is 659 g/mol. The highest BCUT2D eigenvalue weighted by Crippen LogP contribution is 2.31. The van der Waals surface area contributed by atoms with Crippen molar-refractivity contribution in [2.45, 2.75) is 179 Å². The number of unbranched alkanes of at least 4 members (excludes halogenated alkanes) is 3. The molecule has 0 bridgehead atoms. The predicted molar refractivity (Wildman–Crippen MR) is 213 cm³/mol. The van der Waals surface area contributed by atoms with Gasteiger partial charge in [0.1, 0.15) is 12.6 Å². The highest BCUT2D eigenvalue weighted by atomic mass is 16.4. The summed E-state index contributed by atoms with van der Waals surface area (Å²) in [5.41, 5.74) is 5.17. The van der Waals surface area contributed by atoms with Crippen LogP contribution in [0.25, 0.3) is 0 Å². The van der Waals surface area contributed by atoms with Gasteiger partial charge in [0.05, 0.1) is 5.41 Å². The third kappa shape index (κ3) is 31.0. The van der Waals surface area contributed by atoms with Gasteiger partial charge in [0.2, 0.25) is 0 Å². The summed E-state index contributed by atoms with van der Waals surface area (Å²) in [6.45, 7) is 28.4. The molecule has 0 aliphatic heterocycles. The predicted octanol–water partition coefficient (Wildman–Crippen LogP) is 14.2. The van der Waals surface area contributed by atoms with Crippen molar-refractivity contribution >= 4 is 12.6 Å². The minimum Gasteiger partial charge on any atom is -0.388 e. The van der Waals surface area contributed by atoms with Crippen LogP contribution < -0.4 is 0 Å². The molecule has 0 amide bonds. The van der Waals surface area contributed by atoms with Gasteiger partial charge in [-0.15, -0.1) is 0 Å². The summed E-state index contributed by atoms with van der Waals surface area (Å²) in [7, 11) is 3.25. The number of carbonyl (C=O) groups excluding carboxylic acids is 2. The lowest BCUT2D eigenvalue weighted by molar-refractivity contribution is -0.127. The molecule has 1 rings (SSSR count). The third-order valence-electron chi connectivity index (χ3n) is 8.31. The van der Waals surface area contributed by atoms with E-state index in [9.17, 15) is 9.59 Å². The highest BCUT2D eigenvalue weighted by molar-refractivity contribution is 5.83. The van der Waals surface area contributed by atoms with Crippen LogP contribution in [0.1, 0.15) is 179 Å². The molecule has 0 aromatic rings. The van der Waals surface area contributed by atoms with Crippen molar-refractivity contribution < 1.29 is 14.3 Å². The van der Waals surface area contributed by atoms with E-state index in [-0.39, 0.29) is 0 Å². The van der Waals surface area contributed by atoms with Crippen LogP contribution in [0.2, 0.25) is 0 Å². The van der Waals surface area contributed by atoms with Gasteiger partial charge in [-0.25, -0.2) is 0 Å². The molecule has 0 spiro atoms. The summed E-state index contributed by atoms with van der Waals surface area (Å²) < 4.78 is 4.25. The SMILES string of the molecule is C=C(/C(=C/C)C/C(=C\C)CCCC)C(CCC)CCC.CC1=CCC(C)C=C1.CCCC(C=O)(C=O)CCC.CCCCC.COC. The number of carbonyl (C=O) groups is 2. The molecule has 0 saturated heterocycles. The molecule has 1 unspecified atom stereocenters. The second kappa shape index (κ2) is 38.4. The van der Waals surface area contributed by atoms with Gasteiger partial charge < -0.3 is 14.3 Å². The second-order valence-electron chi connectivity index (χ2n) is 13.1. The Bertz CT molecular complexity index is 818. The molecule has 0 heterocycles. The molecule has 3 nitrogen and oxygen atoms in total. The normalized spacial score (nSPS) is 14.2. The van der Waals surface area contributed by atoms with Crippen molar-refractivity contribution in [3.63, 3.8) is 0 Å². The van der Waals surface area contributed by atoms with Gasteiger partial charge in [-0.2, -0.15) is 0 Å². The summed E-state index contributed by atoms with van der Waals surface area (Å²) >= 11 is 0. The maximum atomic E-state index is 10.6. The first-order valence-electron chi connectivity index (χ1n) is 19.2. The topological polar surface area (TPSA) is 43.4 Å². The molecule has 1 atom stereocenters. The van der Waals surface area contributed by atoms with Gasteiger partial charge in [0, 0.05) is 14.2 Å². The lowest BCUT2D eigenvalue weighted by atomic mass is 9.82. The molecule has 0 aromatic heterocycles. The summed E-state index contributed by atoms with van der Waals surface area (Å²) in [6, 6.07) is 0. The molecule has 0 radical (unpaired) electrons. The monoisotopic (exact) mass is 659 g/mol. The number of hydrogen-bond acceptors (Lipinski definition) is 3. The van der Waals surface area contributed by atoms with Crippen molar-refractivity contribution in [2.75, 3.05) is 14.2 Å². The quantitative estimate of drug-likeness (QED) is 0.0600. The highest BCUT2D eigenvalue weighted by Gasteiger charge is 2.26. The van der Waals surface area contributed by atoms with E-state index in [1.165, 1.54) is 87.3 Å². The molecule has 1 aliphatic rings. The van der Waals surface area contributed by atoms with Crippen LogP contribution in [0.3, 0.4) is 0 Å². The van der Waals surface area contributed by atoms with Crippen LogP contribution in [0, 0.1) is 17.3 Å². The lowest BCUT2D eigenvalue weighted by Crippen LogP contribution is -2.23. The minimum absolute atomic E-state index is 0.677. The van der Waals surface area contributed by atoms with Crippen molar-refractivity contribution in [3.8, 4) is 0 Å². The number of hydrogen-bond donors (Lipinski definition) is 0. The zero-order chi connectivity index (χ0) is 36.9. The zero-order valence-corrected chi connectivity index (χ0v) is 33.9. The molecule has 47 heavy (non-hydrogen) atoms. The second-order valence-corrected chi connectivity index (χ2v) is 13.1. The average Bonchev–Trinajstić information content (AvgIpc) is 3.07. The molecule has 0 N–H and O–H groups in total. The van der Waals surface area contributed by atoms with Crippen molar-refractivity contribution in [3.05, 3.63) is 59.3 Å². The van der Waals surface area contributed by atoms with E-state index < -0.39 is 5.41 Å². The largest absolute Gasteiger partial charge is 0.388 e. The van der Waals surface area contributed by atoms with Gasteiger partial charge in [0.15, 0.2) is 0 Å². The Kier molecular flexibility index (Phi) is 42.4. The Morgan fingerprint density at radius 1 is 0.851 bits per heavy atom. The number of allylic oxidation sites excluding steroid dienone is 9. The first-order chi connectivity index (χ1) is 22.5. The van der Waals surface area contributed by atoms with E-state index in [0.717, 1.165) is 37.8 Å². The maximum Gasteiger partial charge on any atom is 0.133 e. The van der Waals surface area contributed by atoms with Crippen molar-refractivity contribution in [1.29, 1.82) is 0 Å². The lowest BCUT2D eigenvalue weighted by Gasteiger charge is -2.22. The van der Waals surface area contributed by atoms with Gasteiger partial charge in [-0.3, -0.25) is 0 Å². The van der Waals surface area contributed by atoms with Crippen LogP contribution >= 0.6 is 0 Å². The Labute approximate surface area is 295 Å². The molecule has 0 fully saturated rings. The van der Waals surface area contributed by atoms with E-state index in [2.05, 4.69) is 104 Å². The fourth-order valence-corrected chi connectivity index (χ4v) is 5.34. The van der Waals surface area contributed by atoms with E-state index in [1.54, 1.807) is 19.8 Å². The van der Waals surface area contributed by atoms with E-state index in [4.69, 9.17) is 0 Å². The van der Waals surface area contributed by atoms with Crippen LogP contribution in [0.15, 0.2) is 59.3 Å². The van der Waals surface area contributed by atoms with E-state index >= 15 is 0 Å². The molecule has 276 valence electrons. The molecule has 3 heteroatoms. The Balaban J connectivity index is -0.000000285. The van der Waals surface area contributed by atoms with E-state index in [0.29, 0.717) is 18.8 Å². The standard InChI is InChI=1S/C20H36.C9H16O2.C8H12.C5H12.C2H6O/c1-7-12-15-18(10-4)16-19(11-5)17(6)20(13-8-2)14-9-3;1-3-5-9(7-10,8-11)6-4-2;1-7-3-5-8(2)6-4-7;1-3-5-4-2;1-3-2/h10-11,20H,6-9,12-16H2,1-5H3;7-8H,3-6H2,1-2H3;3-5,8H,6H2,1-2H3;3-5H2,1-2H3;1-2H3/b18-10-,19-11+;;;;. The Hall–Kier alpha value is -2.00. The third-order valence-corrected chi connectivity index (χ3v) is 8.31. The fraction of sp³-hybridized carbons (Fsp3) is 0.727. The van der Waals surface area contributed by atoms with Crippen molar-refractivity contribution in [2.24, 2.45) is 17.3 Å². The number of ether oxygens (including phenoxy) is 1. The van der Waals surface area contributed by atoms with Gasteiger partial charge in [-0.1, -0.05) is 155 Å². The fourth-order valence-electron chi connectivity index (χ4n) is 5.34. The van der Waals surface area contributed by atoms with Crippen LogP contribution in [-0.4, -0.2) is 26.8 Å². The number of aldehydes is 2. The Morgan fingerprint density at radius 2 is 1.34 bits per heavy atom. The zero-order valence-electron chi connectivity index (χ0n) is 33.9. The number of rotatable bonds is 19. The Morgan fingerprint density at radius 3 is 1.62 bits per heavy atom. The molecule has 0 saturated carbocycles. The molecular formula is C44H82O3. The minimum atomic E-state index is -0.677. The van der Waals surface area contributed by atoms with Gasteiger partial charge >= 0.3 is 0 Å². The molecular weight excluding hydrogens is 576 g/mol. The first-order valence-corrected chi connectivity index (χ1v) is 19.2.